The van der Waals surface area contributed by atoms with Crippen LogP contribution in [0.3, 0.4) is 0 Å². The molecular weight excluding hydrogens is 248 g/mol. The van der Waals surface area contributed by atoms with Crippen LogP contribution in [0.1, 0.15) is 16.8 Å². The van der Waals surface area contributed by atoms with Crippen molar-refractivity contribution < 1.29 is 14.4 Å². The van der Waals surface area contributed by atoms with Gasteiger partial charge in [-0.25, -0.2) is 9.31 Å². The summed E-state index contributed by atoms with van der Waals surface area (Å²) in [5.41, 5.74) is 1.08. The number of hydrogen-bond acceptors (Lipinski definition) is 4. The molecule has 1 aliphatic rings. The van der Waals surface area contributed by atoms with Gasteiger partial charge in [-0.05, 0) is 12.1 Å². The van der Waals surface area contributed by atoms with Crippen molar-refractivity contribution >= 4 is 29.6 Å². The predicted molar refractivity (Wildman–Crippen MR) is 66.1 cm³/mol. The zero-order valence-corrected chi connectivity index (χ0v) is 9.87. The summed E-state index contributed by atoms with van der Waals surface area (Å²) < 4.78 is 1.51. The Labute approximate surface area is 107 Å². The van der Waals surface area contributed by atoms with Crippen molar-refractivity contribution in [3.63, 3.8) is 0 Å². The van der Waals surface area contributed by atoms with E-state index >= 15 is 0 Å². The van der Waals surface area contributed by atoms with Crippen LogP contribution in [0.25, 0.3) is 5.52 Å². The van der Waals surface area contributed by atoms with E-state index in [1.807, 2.05) is 0 Å². The number of aromatic nitrogens is 2. The lowest BCUT2D eigenvalue weighted by atomic mass is 10.2. The average Bonchev–Trinajstić information content (AvgIpc) is 2.82. The lowest BCUT2D eigenvalue weighted by Gasteiger charge is -2.26. The first-order chi connectivity index (χ1) is 9.20. The number of aldehydes is 1. The Hall–Kier alpha value is -2.70. The van der Waals surface area contributed by atoms with Crippen molar-refractivity contribution in [3.8, 4) is 0 Å². The van der Waals surface area contributed by atoms with Gasteiger partial charge in [0.25, 0.3) is 0 Å². The summed E-state index contributed by atoms with van der Waals surface area (Å²) in [6.07, 6.45) is 2.40. The van der Waals surface area contributed by atoms with E-state index in [-0.39, 0.29) is 12.3 Å². The number of carbonyl (C=O) groups is 3. The maximum absolute atomic E-state index is 11.8. The third-order valence-corrected chi connectivity index (χ3v) is 3.01. The minimum absolute atomic E-state index is 0.240. The standard InChI is InChI=1S/C12H10N4O3/c17-7-8-6-13-16-9(8)2-1-3-11(16)15-5-4-10(18)14-12(15)19/h1-3,6-7H,4-5H2,(H,14,18,19). The largest absolute Gasteiger partial charge is 0.329 e. The normalized spacial score (nSPS) is 15.7. The number of anilines is 1. The molecule has 19 heavy (non-hydrogen) atoms. The Morgan fingerprint density at radius 2 is 2.16 bits per heavy atom. The van der Waals surface area contributed by atoms with Crippen molar-refractivity contribution in [3.05, 3.63) is 30.0 Å². The SMILES string of the molecule is O=Cc1cnn2c(N3CCC(=O)NC3=O)cccc12. The average molecular weight is 258 g/mol. The second-order valence-corrected chi connectivity index (χ2v) is 4.15. The van der Waals surface area contributed by atoms with E-state index in [0.717, 1.165) is 0 Å². The second kappa shape index (κ2) is 4.20. The van der Waals surface area contributed by atoms with Crippen molar-refractivity contribution in [2.45, 2.75) is 6.42 Å². The van der Waals surface area contributed by atoms with Gasteiger partial charge < -0.3 is 0 Å². The first-order valence-electron chi connectivity index (χ1n) is 5.74. The Morgan fingerprint density at radius 1 is 1.32 bits per heavy atom. The van der Waals surface area contributed by atoms with Crippen molar-refractivity contribution in [1.82, 2.24) is 14.9 Å². The van der Waals surface area contributed by atoms with Crippen molar-refractivity contribution in [2.75, 3.05) is 11.4 Å². The summed E-state index contributed by atoms with van der Waals surface area (Å²) in [4.78, 5) is 35.3. The molecule has 1 aliphatic heterocycles. The van der Waals surface area contributed by atoms with Gasteiger partial charge in [0.2, 0.25) is 5.91 Å². The summed E-state index contributed by atoms with van der Waals surface area (Å²) in [6, 6.07) is 4.71. The maximum atomic E-state index is 11.8. The highest BCUT2D eigenvalue weighted by atomic mass is 16.2. The molecule has 0 radical (unpaired) electrons. The van der Waals surface area contributed by atoms with Gasteiger partial charge in [-0.15, -0.1) is 0 Å². The molecule has 7 nitrogen and oxygen atoms in total. The quantitative estimate of drug-likeness (QED) is 0.799. The molecule has 1 N–H and O–H groups in total. The number of hydrogen-bond donors (Lipinski definition) is 1. The summed E-state index contributed by atoms with van der Waals surface area (Å²) in [6.45, 7) is 0.292. The summed E-state index contributed by atoms with van der Waals surface area (Å²) in [5, 5.41) is 6.35. The highest BCUT2D eigenvalue weighted by Gasteiger charge is 2.26. The molecule has 2 aromatic rings. The van der Waals surface area contributed by atoms with E-state index in [4.69, 9.17) is 0 Å². The lowest BCUT2D eigenvalue weighted by molar-refractivity contribution is -0.120. The van der Waals surface area contributed by atoms with Gasteiger partial charge in [0.1, 0.15) is 5.82 Å². The Balaban J connectivity index is 2.10. The zero-order chi connectivity index (χ0) is 13.4. The van der Waals surface area contributed by atoms with Crippen LogP contribution in [-0.4, -0.2) is 34.4 Å². The third kappa shape index (κ3) is 1.75. The van der Waals surface area contributed by atoms with E-state index in [2.05, 4.69) is 10.4 Å². The molecule has 0 atom stereocenters. The van der Waals surface area contributed by atoms with E-state index in [9.17, 15) is 14.4 Å². The van der Waals surface area contributed by atoms with Gasteiger partial charge in [-0.1, -0.05) is 6.07 Å². The second-order valence-electron chi connectivity index (χ2n) is 4.15. The number of urea groups is 1. The minimum Gasteiger partial charge on any atom is -0.298 e. The number of carbonyl (C=O) groups excluding carboxylic acids is 3. The van der Waals surface area contributed by atoms with E-state index < -0.39 is 6.03 Å². The summed E-state index contributed by atoms with van der Waals surface area (Å²) >= 11 is 0. The molecule has 2 aromatic heterocycles. The number of imide groups is 1. The smallest absolute Gasteiger partial charge is 0.298 e. The van der Waals surface area contributed by atoms with Crippen LogP contribution in [0.4, 0.5) is 10.6 Å². The summed E-state index contributed by atoms with van der Waals surface area (Å²) in [5.74, 6) is 0.234. The molecule has 96 valence electrons. The minimum atomic E-state index is -0.480. The molecule has 0 spiro atoms. The van der Waals surface area contributed by atoms with Crippen LogP contribution >= 0.6 is 0 Å². The van der Waals surface area contributed by atoms with Crippen molar-refractivity contribution in [1.29, 1.82) is 0 Å². The third-order valence-electron chi connectivity index (χ3n) is 3.01. The Bertz CT molecular complexity index is 691. The van der Waals surface area contributed by atoms with Gasteiger partial charge in [0, 0.05) is 13.0 Å². The van der Waals surface area contributed by atoms with Crippen LogP contribution in [-0.2, 0) is 4.79 Å². The Morgan fingerprint density at radius 3 is 2.89 bits per heavy atom. The van der Waals surface area contributed by atoms with E-state index in [1.54, 1.807) is 18.2 Å². The summed E-state index contributed by atoms with van der Waals surface area (Å²) in [7, 11) is 0. The molecule has 3 rings (SSSR count). The number of rotatable bonds is 2. The molecule has 7 heteroatoms. The van der Waals surface area contributed by atoms with Crippen LogP contribution in [0.5, 0.6) is 0 Å². The fraction of sp³-hybridized carbons (Fsp3) is 0.167. The molecule has 1 fully saturated rings. The van der Waals surface area contributed by atoms with E-state index in [1.165, 1.54) is 15.6 Å². The fourth-order valence-electron chi connectivity index (χ4n) is 2.09. The highest BCUT2D eigenvalue weighted by Crippen LogP contribution is 2.20. The predicted octanol–water partition coefficient (Wildman–Crippen LogP) is 0.593. The maximum Gasteiger partial charge on any atom is 0.329 e. The number of pyridine rings is 1. The van der Waals surface area contributed by atoms with Gasteiger partial charge in [-0.2, -0.15) is 5.10 Å². The number of fused-ring (bicyclic) bond motifs is 1. The monoisotopic (exact) mass is 258 g/mol. The van der Waals surface area contributed by atoms with Crippen LogP contribution in [0.15, 0.2) is 24.4 Å². The topological polar surface area (TPSA) is 83.8 Å². The molecule has 0 saturated carbocycles. The first kappa shape index (κ1) is 11.4. The van der Waals surface area contributed by atoms with Crippen LogP contribution < -0.4 is 10.2 Å². The number of amides is 3. The molecule has 0 aliphatic carbocycles. The number of nitrogens with zero attached hydrogens (tertiary/aromatic N) is 3. The van der Waals surface area contributed by atoms with Gasteiger partial charge in [0.05, 0.1) is 17.3 Å². The van der Waals surface area contributed by atoms with Crippen LogP contribution in [0, 0.1) is 0 Å². The van der Waals surface area contributed by atoms with Gasteiger partial charge in [0.15, 0.2) is 6.29 Å². The van der Waals surface area contributed by atoms with Gasteiger partial charge in [-0.3, -0.25) is 19.8 Å². The molecule has 0 aromatic carbocycles. The molecule has 0 unspecified atom stereocenters. The molecule has 0 bridgehead atoms. The lowest BCUT2D eigenvalue weighted by Crippen LogP contribution is -2.50. The fourth-order valence-corrected chi connectivity index (χ4v) is 2.09. The Kier molecular flexibility index (Phi) is 2.52. The molecule has 3 heterocycles. The first-order valence-corrected chi connectivity index (χ1v) is 5.74. The van der Waals surface area contributed by atoms with Gasteiger partial charge >= 0.3 is 6.03 Å². The molecule has 1 saturated heterocycles. The number of nitrogens with one attached hydrogen (secondary N) is 1. The highest BCUT2D eigenvalue weighted by molar-refractivity contribution is 6.05. The molecule has 3 amide bonds. The van der Waals surface area contributed by atoms with Crippen LogP contribution in [0.2, 0.25) is 0 Å². The molecular formula is C12H10N4O3. The zero-order valence-electron chi connectivity index (χ0n) is 9.87. The van der Waals surface area contributed by atoms with E-state index in [0.29, 0.717) is 29.7 Å². The van der Waals surface area contributed by atoms with Crippen molar-refractivity contribution in [2.24, 2.45) is 0 Å².